The number of carbonyl (C=O) groups is 1. The second-order valence-electron chi connectivity index (χ2n) is 6.79. The van der Waals surface area contributed by atoms with Crippen molar-refractivity contribution in [1.82, 2.24) is 14.9 Å². The number of aromatic nitrogens is 2. The zero-order chi connectivity index (χ0) is 19.8. The van der Waals surface area contributed by atoms with Crippen molar-refractivity contribution in [3.05, 3.63) is 64.9 Å². The summed E-state index contributed by atoms with van der Waals surface area (Å²) in [4.78, 5) is 28.5. The molecule has 1 aliphatic heterocycles. The molecule has 0 spiro atoms. The molecule has 4 heterocycles. The molecule has 1 aliphatic rings. The highest BCUT2D eigenvalue weighted by molar-refractivity contribution is 7.17. The molecule has 0 unspecified atom stereocenters. The first kappa shape index (κ1) is 18.2. The smallest absolute Gasteiger partial charge is 0.264 e. The van der Waals surface area contributed by atoms with E-state index in [0.717, 1.165) is 39.6 Å². The Morgan fingerprint density at radius 1 is 0.966 bits per heavy atom. The van der Waals surface area contributed by atoms with E-state index in [9.17, 15) is 9.18 Å². The normalized spacial score (nSPS) is 14.5. The van der Waals surface area contributed by atoms with Gasteiger partial charge in [-0.15, -0.1) is 22.7 Å². The Morgan fingerprint density at radius 3 is 2.55 bits per heavy atom. The fraction of sp³-hybridized carbons (Fsp3) is 0.190. The fourth-order valence-corrected chi connectivity index (χ4v) is 5.24. The summed E-state index contributed by atoms with van der Waals surface area (Å²) in [6, 6.07) is 12.2. The zero-order valence-corrected chi connectivity index (χ0v) is 17.0. The fourth-order valence-electron chi connectivity index (χ4n) is 3.53. The van der Waals surface area contributed by atoms with Crippen LogP contribution in [0.1, 0.15) is 9.67 Å². The third-order valence-electron chi connectivity index (χ3n) is 5.05. The molecule has 5 rings (SSSR count). The van der Waals surface area contributed by atoms with E-state index < -0.39 is 0 Å². The van der Waals surface area contributed by atoms with Crippen molar-refractivity contribution >= 4 is 44.6 Å². The van der Waals surface area contributed by atoms with Crippen molar-refractivity contribution in [3.63, 3.8) is 0 Å². The molecule has 146 valence electrons. The van der Waals surface area contributed by atoms with E-state index in [2.05, 4.69) is 20.9 Å². The van der Waals surface area contributed by atoms with E-state index in [1.54, 1.807) is 29.8 Å². The SMILES string of the molecule is O=C(c1ccc(-c2ccc(F)cc2)s1)N1CCN(c2ncnc3sccc23)CC1. The number of anilines is 1. The minimum atomic E-state index is -0.261. The third kappa shape index (κ3) is 3.49. The molecule has 1 aromatic carbocycles. The predicted molar refractivity (Wildman–Crippen MR) is 115 cm³/mol. The van der Waals surface area contributed by atoms with Crippen LogP contribution >= 0.6 is 22.7 Å². The lowest BCUT2D eigenvalue weighted by Crippen LogP contribution is -2.49. The van der Waals surface area contributed by atoms with Gasteiger partial charge in [0.25, 0.3) is 5.91 Å². The van der Waals surface area contributed by atoms with Crippen molar-refractivity contribution < 1.29 is 9.18 Å². The lowest BCUT2D eigenvalue weighted by Gasteiger charge is -2.35. The summed E-state index contributed by atoms with van der Waals surface area (Å²) in [6.45, 7) is 2.78. The third-order valence-corrected chi connectivity index (χ3v) is 7.00. The van der Waals surface area contributed by atoms with Gasteiger partial charge in [-0.3, -0.25) is 4.79 Å². The minimum absolute atomic E-state index is 0.0476. The number of thiophene rings is 2. The molecule has 8 heteroatoms. The molecule has 0 saturated carbocycles. The van der Waals surface area contributed by atoms with Crippen LogP contribution in [0.3, 0.4) is 0 Å². The summed E-state index contributed by atoms with van der Waals surface area (Å²) in [6.07, 6.45) is 1.61. The number of piperazine rings is 1. The van der Waals surface area contributed by atoms with E-state index in [0.29, 0.717) is 18.0 Å². The maximum atomic E-state index is 13.1. The van der Waals surface area contributed by atoms with Crippen LogP contribution in [0.4, 0.5) is 10.2 Å². The van der Waals surface area contributed by atoms with Crippen LogP contribution in [-0.2, 0) is 0 Å². The molecule has 3 aromatic heterocycles. The van der Waals surface area contributed by atoms with Gasteiger partial charge in [-0.05, 0) is 41.3 Å². The first-order chi connectivity index (χ1) is 14.2. The highest BCUT2D eigenvalue weighted by Gasteiger charge is 2.25. The van der Waals surface area contributed by atoms with Crippen LogP contribution in [0.25, 0.3) is 20.7 Å². The van der Waals surface area contributed by atoms with Crippen LogP contribution in [0.15, 0.2) is 54.2 Å². The van der Waals surface area contributed by atoms with E-state index in [4.69, 9.17) is 0 Å². The summed E-state index contributed by atoms with van der Waals surface area (Å²) in [7, 11) is 0. The van der Waals surface area contributed by atoms with Gasteiger partial charge in [0.1, 0.15) is 22.8 Å². The number of fused-ring (bicyclic) bond motifs is 1. The average molecular weight is 425 g/mol. The van der Waals surface area contributed by atoms with E-state index in [-0.39, 0.29) is 11.7 Å². The second-order valence-corrected chi connectivity index (χ2v) is 8.77. The molecule has 1 fully saturated rings. The van der Waals surface area contributed by atoms with Gasteiger partial charge in [0.2, 0.25) is 0 Å². The summed E-state index contributed by atoms with van der Waals surface area (Å²) in [5.74, 6) is 0.729. The monoisotopic (exact) mass is 424 g/mol. The lowest BCUT2D eigenvalue weighted by atomic mass is 10.2. The second kappa shape index (κ2) is 7.53. The van der Waals surface area contributed by atoms with Gasteiger partial charge in [-0.2, -0.15) is 0 Å². The number of amides is 1. The molecule has 5 nitrogen and oxygen atoms in total. The van der Waals surface area contributed by atoms with Gasteiger partial charge < -0.3 is 9.80 Å². The largest absolute Gasteiger partial charge is 0.352 e. The first-order valence-corrected chi connectivity index (χ1v) is 11.0. The topological polar surface area (TPSA) is 49.3 Å². The van der Waals surface area contributed by atoms with Crippen LogP contribution in [0.2, 0.25) is 0 Å². The standard InChI is InChI=1S/C21H17FN4OS2/c22-15-3-1-14(2-4-15)17-5-6-18(29-17)21(27)26-10-8-25(9-11-26)19-16-7-12-28-20(16)24-13-23-19/h1-7,12-13H,8-11H2. The van der Waals surface area contributed by atoms with Gasteiger partial charge >= 0.3 is 0 Å². The summed E-state index contributed by atoms with van der Waals surface area (Å²) in [5, 5.41) is 3.09. The number of hydrogen-bond donors (Lipinski definition) is 0. The van der Waals surface area contributed by atoms with Crippen molar-refractivity contribution in [1.29, 1.82) is 0 Å². The number of nitrogens with zero attached hydrogens (tertiary/aromatic N) is 4. The molecule has 1 amide bonds. The summed E-state index contributed by atoms with van der Waals surface area (Å²) < 4.78 is 13.1. The van der Waals surface area contributed by atoms with Crippen molar-refractivity contribution in [3.8, 4) is 10.4 Å². The van der Waals surface area contributed by atoms with Gasteiger partial charge in [0.05, 0.1) is 10.3 Å². The van der Waals surface area contributed by atoms with E-state index in [1.807, 2.05) is 22.4 Å². The van der Waals surface area contributed by atoms with Gasteiger partial charge in [-0.1, -0.05) is 12.1 Å². The van der Waals surface area contributed by atoms with Crippen molar-refractivity contribution in [2.24, 2.45) is 0 Å². The highest BCUT2D eigenvalue weighted by atomic mass is 32.1. The van der Waals surface area contributed by atoms with Crippen molar-refractivity contribution in [2.75, 3.05) is 31.1 Å². The van der Waals surface area contributed by atoms with Gasteiger partial charge in [-0.25, -0.2) is 14.4 Å². The van der Waals surface area contributed by atoms with E-state index >= 15 is 0 Å². The molecular weight excluding hydrogens is 407 g/mol. The number of halogens is 1. The molecule has 1 saturated heterocycles. The average Bonchev–Trinajstić information content (AvgIpc) is 3.43. The molecule has 0 bridgehead atoms. The van der Waals surface area contributed by atoms with Crippen LogP contribution in [0, 0.1) is 5.82 Å². The Kier molecular flexibility index (Phi) is 4.73. The lowest BCUT2D eigenvalue weighted by molar-refractivity contribution is 0.0751. The molecule has 0 atom stereocenters. The molecule has 0 radical (unpaired) electrons. The Labute approximate surface area is 175 Å². The zero-order valence-electron chi connectivity index (χ0n) is 15.4. The molecule has 29 heavy (non-hydrogen) atoms. The van der Waals surface area contributed by atoms with Gasteiger partial charge in [0.15, 0.2) is 0 Å². The predicted octanol–water partition coefficient (Wildman–Crippen LogP) is 4.52. The number of benzene rings is 1. The maximum Gasteiger partial charge on any atom is 0.264 e. The van der Waals surface area contributed by atoms with Gasteiger partial charge in [0, 0.05) is 31.1 Å². The van der Waals surface area contributed by atoms with Crippen LogP contribution in [0.5, 0.6) is 0 Å². The molecule has 4 aromatic rings. The van der Waals surface area contributed by atoms with Crippen LogP contribution < -0.4 is 4.90 Å². The molecule has 0 N–H and O–H groups in total. The highest BCUT2D eigenvalue weighted by Crippen LogP contribution is 2.30. The Bertz CT molecular complexity index is 1160. The first-order valence-electron chi connectivity index (χ1n) is 9.27. The molecule has 0 aliphatic carbocycles. The minimum Gasteiger partial charge on any atom is -0.352 e. The molecular formula is C21H17FN4OS2. The van der Waals surface area contributed by atoms with E-state index in [1.165, 1.54) is 23.5 Å². The quantitative estimate of drug-likeness (QED) is 0.485. The summed E-state index contributed by atoms with van der Waals surface area (Å²) in [5.41, 5.74) is 0.920. The number of carbonyl (C=O) groups excluding carboxylic acids is 1. The maximum absolute atomic E-state index is 13.1. The number of hydrogen-bond acceptors (Lipinski definition) is 6. The van der Waals surface area contributed by atoms with Crippen LogP contribution in [-0.4, -0.2) is 47.0 Å². The summed E-state index contributed by atoms with van der Waals surface area (Å²) >= 11 is 3.05. The van der Waals surface area contributed by atoms with Crippen molar-refractivity contribution in [2.45, 2.75) is 0 Å². The Morgan fingerprint density at radius 2 is 1.76 bits per heavy atom. The Balaban J connectivity index is 1.28. The Hall–Kier alpha value is -2.84. The number of rotatable bonds is 3.